The zero-order chi connectivity index (χ0) is 20.4. The van der Waals surface area contributed by atoms with Crippen molar-refractivity contribution in [2.24, 2.45) is 7.05 Å². The van der Waals surface area contributed by atoms with Gasteiger partial charge in [-0.3, -0.25) is 19.1 Å². The van der Waals surface area contributed by atoms with Crippen molar-refractivity contribution >= 4 is 29.0 Å². The van der Waals surface area contributed by atoms with E-state index in [2.05, 4.69) is 15.2 Å². The number of fused-ring (bicyclic) bond motifs is 1. The van der Waals surface area contributed by atoms with Crippen molar-refractivity contribution in [2.75, 3.05) is 19.6 Å². The first-order chi connectivity index (χ1) is 14.0. The van der Waals surface area contributed by atoms with Crippen molar-refractivity contribution in [3.8, 4) is 0 Å². The molecule has 2 aromatic rings. The summed E-state index contributed by atoms with van der Waals surface area (Å²) in [7, 11) is 1.64. The number of aromatic amines is 1. The van der Waals surface area contributed by atoms with Gasteiger partial charge in [0.1, 0.15) is 0 Å². The van der Waals surface area contributed by atoms with Crippen molar-refractivity contribution in [3.63, 3.8) is 0 Å². The van der Waals surface area contributed by atoms with E-state index in [1.54, 1.807) is 25.2 Å². The molecule has 1 aliphatic heterocycles. The molecule has 29 heavy (non-hydrogen) atoms. The van der Waals surface area contributed by atoms with Crippen LogP contribution in [0.4, 0.5) is 0 Å². The highest BCUT2D eigenvalue weighted by molar-refractivity contribution is 7.71. The average Bonchev–Trinajstić information content (AvgIpc) is 2.77. The maximum absolute atomic E-state index is 12.9. The van der Waals surface area contributed by atoms with E-state index in [4.69, 9.17) is 12.2 Å². The van der Waals surface area contributed by atoms with Gasteiger partial charge in [0.2, 0.25) is 0 Å². The molecule has 2 N–H and O–H groups in total. The molecular formula is C22H30N4O2S. The van der Waals surface area contributed by atoms with Gasteiger partial charge in [-0.05, 0) is 69.2 Å². The predicted molar refractivity (Wildman–Crippen MR) is 118 cm³/mol. The van der Waals surface area contributed by atoms with E-state index in [9.17, 15) is 9.59 Å². The van der Waals surface area contributed by atoms with Crippen molar-refractivity contribution in [1.82, 2.24) is 19.8 Å². The number of carbonyl (C=O) groups excluding carboxylic acids is 1. The Morgan fingerprint density at radius 1 is 1.14 bits per heavy atom. The number of piperidine rings is 1. The molecule has 0 bridgehead atoms. The normalized spacial score (nSPS) is 19.9. The number of benzene rings is 1. The first-order valence-corrected chi connectivity index (χ1v) is 11.2. The first-order valence-electron chi connectivity index (χ1n) is 10.8. The van der Waals surface area contributed by atoms with Gasteiger partial charge in [-0.1, -0.05) is 25.7 Å². The second-order valence-corrected chi connectivity index (χ2v) is 8.96. The Morgan fingerprint density at radius 2 is 1.83 bits per heavy atom. The van der Waals surface area contributed by atoms with Crippen molar-refractivity contribution in [3.05, 3.63) is 38.9 Å². The highest BCUT2D eigenvalue weighted by Crippen LogP contribution is 2.35. The number of likely N-dealkylation sites (tertiary alicyclic amines) is 1. The number of nitrogens with one attached hydrogen (secondary N) is 2. The average molecular weight is 415 g/mol. The van der Waals surface area contributed by atoms with Gasteiger partial charge < -0.3 is 10.3 Å². The Morgan fingerprint density at radius 3 is 2.55 bits per heavy atom. The van der Waals surface area contributed by atoms with Crippen LogP contribution in [0.1, 0.15) is 61.7 Å². The number of aromatic nitrogens is 2. The summed E-state index contributed by atoms with van der Waals surface area (Å²) in [5, 5.41) is 3.75. The van der Waals surface area contributed by atoms with Crippen LogP contribution < -0.4 is 10.9 Å². The second kappa shape index (κ2) is 8.40. The van der Waals surface area contributed by atoms with Crippen molar-refractivity contribution in [1.29, 1.82) is 0 Å². The molecule has 1 amide bonds. The van der Waals surface area contributed by atoms with E-state index >= 15 is 0 Å². The number of H-pyrrole nitrogens is 1. The van der Waals surface area contributed by atoms with Gasteiger partial charge in [0.15, 0.2) is 4.77 Å². The third-order valence-corrected chi connectivity index (χ3v) is 7.13. The number of rotatable bonds is 4. The number of nitrogens with zero attached hydrogens (tertiary/aromatic N) is 2. The van der Waals surface area contributed by atoms with Crippen LogP contribution in [-0.4, -0.2) is 45.5 Å². The molecule has 0 spiro atoms. The van der Waals surface area contributed by atoms with Gasteiger partial charge in [-0.15, -0.1) is 0 Å². The van der Waals surface area contributed by atoms with E-state index in [0.717, 1.165) is 25.9 Å². The molecule has 156 valence electrons. The standard InChI is InChI=1S/C22H30N4O2S/c1-25-20(28)17-9-8-16(14-18(17)24-21(25)29)19(27)23-15-22(10-4-2-5-11-22)26-12-6-3-7-13-26/h8-9,14H,2-7,10-13,15H2,1H3,(H,23,27)(H,24,29). The molecule has 1 aliphatic carbocycles. The Labute approximate surface area is 176 Å². The van der Waals surface area contributed by atoms with Crippen molar-refractivity contribution < 1.29 is 4.79 Å². The fourth-order valence-electron chi connectivity index (χ4n) is 4.98. The molecular weight excluding hydrogens is 384 g/mol. The fraction of sp³-hybridized carbons (Fsp3) is 0.591. The monoisotopic (exact) mass is 414 g/mol. The molecule has 1 saturated carbocycles. The first kappa shape index (κ1) is 20.3. The summed E-state index contributed by atoms with van der Waals surface area (Å²) in [6.45, 7) is 2.98. The Bertz CT molecular complexity index is 1010. The van der Waals surface area contributed by atoms with Crippen LogP contribution in [0.15, 0.2) is 23.0 Å². The Hall–Kier alpha value is -1.99. The van der Waals surface area contributed by atoms with Crippen LogP contribution in [0.25, 0.3) is 10.9 Å². The quantitative estimate of drug-likeness (QED) is 0.751. The maximum Gasteiger partial charge on any atom is 0.261 e. The summed E-state index contributed by atoms with van der Waals surface area (Å²) in [6.07, 6.45) is 9.93. The summed E-state index contributed by atoms with van der Waals surface area (Å²) in [5.41, 5.74) is 1.11. The molecule has 2 aliphatic rings. The highest BCUT2D eigenvalue weighted by Gasteiger charge is 2.38. The van der Waals surface area contributed by atoms with Crippen LogP contribution in [0.2, 0.25) is 0 Å². The van der Waals surface area contributed by atoms with Gasteiger partial charge in [0.05, 0.1) is 10.9 Å². The summed E-state index contributed by atoms with van der Waals surface area (Å²) in [6, 6.07) is 5.17. The molecule has 0 unspecified atom stereocenters. The van der Waals surface area contributed by atoms with Crippen LogP contribution in [0, 0.1) is 4.77 Å². The Kier molecular flexibility index (Phi) is 5.88. The summed E-state index contributed by atoms with van der Waals surface area (Å²) < 4.78 is 1.76. The topological polar surface area (TPSA) is 70.1 Å². The molecule has 2 fully saturated rings. The lowest BCUT2D eigenvalue weighted by Gasteiger charge is -2.48. The van der Waals surface area contributed by atoms with Crippen LogP contribution in [0.5, 0.6) is 0 Å². The SMILES string of the molecule is Cn1c(=S)[nH]c2cc(C(=O)NCC3(N4CCCCC4)CCCCC3)ccc2c1=O. The third-order valence-electron chi connectivity index (χ3n) is 6.75. The molecule has 2 heterocycles. The smallest absolute Gasteiger partial charge is 0.261 e. The lowest BCUT2D eigenvalue weighted by molar-refractivity contribution is 0.0326. The van der Waals surface area contributed by atoms with E-state index < -0.39 is 0 Å². The zero-order valence-corrected chi connectivity index (χ0v) is 17.9. The summed E-state index contributed by atoms with van der Waals surface area (Å²) in [5.74, 6) is -0.0890. The number of amides is 1. The van der Waals surface area contributed by atoms with E-state index in [1.807, 2.05) is 0 Å². The van der Waals surface area contributed by atoms with Gasteiger partial charge >= 0.3 is 0 Å². The number of carbonyl (C=O) groups is 1. The van der Waals surface area contributed by atoms with Gasteiger partial charge in [0.25, 0.3) is 11.5 Å². The van der Waals surface area contributed by atoms with Crippen LogP contribution in [-0.2, 0) is 7.05 Å². The third kappa shape index (κ3) is 4.03. The molecule has 7 heteroatoms. The van der Waals surface area contributed by atoms with Gasteiger partial charge in [0, 0.05) is 24.7 Å². The molecule has 1 aromatic heterocycles. The summed E-state index contributed by atoms with van der Waals surface area (Å²) in [4.78, 5) is 31.0. The number of hydrogen-bond acceptors (Lipinski definition) is 4. The van der Waals surface area contributed by atoms with Gasteiger partial charge in [-0.2, -0.15) is 0 Å². The maximum atomic E-state index is 12.9. The Balaban J connectivity index is 1.54. The van der Waals surface area contributed by atoms with E-state index in [1.165, 1.54) is 43.1 Å². The highest BCUT2D eigenvalue weighted by atomic mass is 32.1. The molecule has 6 nitrogen and oxygen atoms in total. The van der Waals surface area contributed by atoms with Crippen molar-refractivity contribution in [2.45, 2.75) is 56.9 Å². The molecule has 0 atom stereocenters. The van der Waals surface area contributed by atoms with Gasteiger partial charge in [-0.25, -0.2) is 0 Å². The van der Waals surface area contributed by atoms with Crippen LogP contribution >= 0.6 is 12.2 Å². The molecule has 4 rings (SSSR count). The lowest BCUT2D eigenvalue weighted by atomic mass is 9.79. The minimum atomic E-state index is -0.151. The van der Waals surface area contributed by atoms with E-state index in [-0.39, 0.29) is 17.0 Å². The molecule has 1 saturated heterocycles. The second-order valence-electron chi connectivity index (χ2n) is 8.57. The molecule has 0 radical (unpaired) electrons. The van der Waals surface area contributed by atoms with E-state index in [0.29, 0.717) is 27.8 Å². The lowest BCUT2D eigenvalue weighted by Crippen LogP contribution is -2.58. The number of hydrogen-bond donors (Lipinski definition) is 2. The fourth-order valence-corrected chi connectivity index (χ4v) is 5.17. The summed E-state index contributed by atoms with van der Waals surface area (Å²) >= 11 is 5.20. The largest absolute Gasteiger partial charge is 0.350 e. The predicted octanol–water partition coefficient (Wildman–Crippen LogP) is 3.51. The minimum Gasteiger partial charge on any atom is -0.350 e. The minimum absolute atomic E-state index is 0.0890. The zero-order valence-electron chi connectivity index (χ0n) is 17.1. The van der Waals surface area contributed by atoms with Crippen LogP contribution in [0.3, 0.4) is 0 Å². The molecule has 1 aromatic carbocycles.